The van der Waals surface area contributed by atoms with Gasteiger partial charge in [-0.2, -0.15) is 0 Å². The Bertz CT molecular complexity index is 1890. The number of quaternary nitrogens is 2. The van der Waals surface area contributed by atoms with Crippen LogP contribution in [0.15, 0.2) is 60.7 Å². The molecule has 0 saturated carbocycles. The van der Waals surface area contributed by atoms with Crippen LogP contribution in [-0.2, 0) is 72.6 Å². The third-order valence-electron chi connectivity index (χ3n) is 12.8. The molecule has 2 aliphatic heterocycles. The summed E-state index contributed by atoms with van der Waals surface area (Å²) >= 11 is 0. The molecule has 0 amide bonds. The maximum Gasteiger partial charge on any atom is 1.00 e. The van der Waals surface area contributed by atoms with Crippen molar-refractivity contribution in [3.63, 3.8) is 0 Å². The number of ether oxygens (including phenoxy) is 8. The molecule has 0 unspecified atom stereocenters. The van der Waals surface area contributed by atoms with E-state index in [1.165, 1.54) is 20.9 Å². The minimum Gasteiger partial charge on any atom is -0.872 e. The summed E-state index contributed by atoms with van der Waals surface area (Å²) in [5, 5.41) is 26.7. The molecule has 0 atom stereocenters. The van der Waals surface area contributed by atoms with Gasteiger partial charge >= 0.3 is 206 Å². The third kappa shape index (κ3) is 49.7. The maximum atomic E-state index is 13.4. The Morgan fingerprint density at radius 1 is 0.337 bits per heavy atom. The van der Waals surface area contributed by atoms with Crippen LogP contribution >= 0.6 is 0 Å². The van der Waals surface area contributed by atoms with Crippen molar-refractivity contribution in [2.24, 2.45) is 0 Å². The van der Waals surface area contributed by atoms with Crippen molar-refractivity contribution in [3.05, 3.63) is 103 Å². The van der Waals surface area contributed by atoms with Gasteiger partial charge in [0.05, 0.1) is 106 Å². The van der Waals surface area contributed by atoms with E-state index in [4.69, 9.17) is 37.9 Å². The summed E-state index contributed by atoms with van der Waals surface area (Å²) < 4.78 is 54.0. The molecule has 5 rings (SSSR count). The number of hydrogen-bond donors (Lipinski definition) is 2. The standard InChI is InChI=1S/2C25H43NO5.C6H6.2C4H12NSi2.4K/c2*1-24(2,3)21-17-20(23(27)22(18-21)25(4,5)6)19-26-7-9-28-11-13-30-15-16-31-14-12-29-10-8-26;1-2-4-6-5-3-1;2*1-6(2)5-7(3)4;;;;/h2*17-18,27H,7-16,19H2,1-6H3;1-6H;2*1-4H3;;;;/q;;;2*-1;4*+1. The van der Waals surface area contributed by atoms with Gasteiger partial charge in [0.25, 0.3) is 0 Å². The molecule has 86 heavy (non-hydrogen) atoms. The Labute approximate surface area is 703 Å². The van der Waals surface area contributed by atoms with Crippen molar-refractivity contribution in [1.29, 1.82) is 0 Å². The van der Waals surface area contributed by atoms with Gasteiger partial charge in [-0.05, 0) is 55.0 Å². The summed E-state index contributed by atoms with van der Waals surface area (Å²) in [6, 6.07) is 20.4. The van der Waals surface area contributed by atoms with Gasteiger partial charge in [0.15, 0.2) is 0 Å². The second-order valence-corrected chi connectivity index (χ2v) is 35.3. The van der Waals surface area contributed by atoms with Crippen LogP contribution < -0.4 is 226 Å². The molecule has 470 valence electrons. The number of rotatable bonds is 8. The first-order valence-corrected chi connectivity index (χ1v) is 39.8. The molecule has 0 aliphatic carbocycles. The molecular weight excluding hydrogens is 1250 g/mol. The minimum atomic E-state index is -0.264. The average Bonchev–Trinajstić information content (AvgIpc) is 3.01. The van der Waals surface area contributed by atoms with Gasteiger partial charge in [0.2, 0.25) is 0 Å². The van der Waals surface area contributed by atoms with Gasteiger partial charge in [-0.1, -0.05) is 243 Å². The molecule has 2 heterocycles. The van der Waals surface area contributed by atoms with Crippen molar-refractivity contribution in [2.75, 3.05) is 132 Å². The molecule has 2 N–H and O–H groups in total. The number of nitrogens with one attached hydrogen (secondary N) is 2. The molecule has 14 nitrogen and oxygen atoms in total. The fraction of sp³-hybridized carbons (Fsp3) is 0.719. The van der Waals surface area contributed by atoms with E-state index in [0.29, 0.717) is 119 Å². The van der Waals surface area contributed by atoms with Crippen LogP contribution in [0.25, 0.3) is 9.30 Å². The fourth-order valence-electron chi connectivity index (χ4n) is 8.43. The monoisotopic (exact) mass is 1370 g/mol. The van der Waals surface area contributed by atoms with Crippen LogP contribution in [0.5, 0.6) is 11.5 Å². The van der Waals surface area contributed by atoms with E-state index in [9.17, 15) is 10.2 Å². The molecule has 3 aromatic carbocycles. The summed E-state index contributed by atoms with van der Waals surface area (Å²) in [5.74, 6) is 0.347. The van der Waals surface area contributed by atoms with E-state index in [0.717, 1.165) is 48.4 Å². The summed E-state index contributed by atoms with van der Waals surface area (Å²) in [4.78, 5) is 2.58. The van der Waals surface area contributed by atoms with Crippen LogP contribution in [0, 0.1) is 0 Å². The van der Waals surface area contributed by atoms with Crippen LogP contribution in [0.2, 0.25) is 52.4 Å². The average molecular weight is 1370 g/mol. The number of nitrogens with zero attached hydrogens (tertiary/aromatic N) is 2. The Morgan fingerprint density at radius 2 is 0.535 bits per heavy atom. The van der Waals surface area contributed by atoms with E-state index in [1.807, 2.05) is 36.4 Å². The Hall–Kier alpha value is 4.19. The quantitative estimate of drug-likeness (QED) is 0.224. The first-order valence-electron chi connectivity index (χ1n) is 30.1. The minimum absolute atomic E-state index is 0. The van der Waals surface area contributed by atoms with Gasteiger partial charge in [-0.25, -0.2) is 0 Å². The SMILES string of the molecule is CC(C)(C)c1cc(C[NH+]2CCOCCOCCOCCOCC2)c([O-])c(C(C)(C)C)c1.CC(C)(C)c1cc(C[NH+]2CCOCCOCCOCCOCC2)c([O-])c(C(C)(C)C)c1.C[Si](C)[N-][Si](C)C.C[Si](C)[N-][Si](C)C.[K+].[K+].[K+].[K+].c1ccccc1. The summed E-state index contributed by atoms with van der Waals surface area (Å²) in [5.41, 5.74) is 5.59. The van der Waals surface area contributed by atoms with E-state index in [2.05, 4.69) is 169 Å². The molecule has 4 radical (unpaired) electrons. The second kappa shape index (κ2) is 55.1. The molecule has 2 fully saturated rings. The molecule has 0 spiro atoms. The maximum absolute atomic E-state index is 13.4. The zero-order valence-corrected chi connectivity index (χ0v) is 75.8. The summed E-state index contributed by atoms with van der Waals surface area (Å²) in [7, 11) is -1.06. The van der Waals surface area contributed by atoms with Crippen molar-refractivity contribution in [1.82, 2.24) is 0 Å². The first kappa shape index (κ1) is 96.6. The predicted molar refractivity (Wildman–Crippen MR) is 345 cm³/mol. The van der Waals surface area contributed by atoms with E-state index >= 15 is 0 Å². The van der Waals surface area contributed by atoms with Crippen LogP contribution in [0.4, 0.5) is 0 Å². The number of benzene rings is 3. The number of hydrogen-bond acceptors (Lipinski definition) is 10. The van der Waals surface area contributed by atoms with E-state index < -0.39 is 0 Å². The Morgan fingerprint density at radius 3 is 0.698 bits per heavy atom. The summed E-state index contributed by atoms with van der Waals surface area (Å²) in [6.45, 7) is 57.7. The van der Waals surface area contributed by atoms with Crippen LogP contribution in [0.1, 0.15) is 116 Å². The Balaban J connectivity index is -0.000000570. The second-order valence-electron chi connectivity index (χ2n) is 25.9. The predicted octanol–water partition coefficient (Wildman–Crippen LogP) is -2.93. The van der Waals surface area contributed by atoms with Gasteiger partial charge in [0.1, 0.15) is 39.3 Å². The van der Waals surface area contributed by atoms with Gasteiger partial charge in [-0.15, -0.1) is 0 Å². The van der Waals surface area contributed by atoms with Crippen molar-refractivity contribution < 1.29 is 263 Å². The van der Waals surface area contributed by atoms with E-state index in [1.54, 1.807) is 0 Å². The van der Waals surface area contributed by atoms with Crippen LogP contribution in [-0.4, -0.2) is 168 Å². The molecule has 0 aromatic heterocycles. The molecule has 22 heteroatoms. The van der Waals surface area contributed by atoms with Crippen LogP contribution in [0.3, 0.4) is 0 Å². The van der Waals surface area contributed by atoms with Gasteiger partial charge in [0, 0.05) is 0 Å². The van der Waals surface area contributed by atoms with Crippen molar-refractivity contribution in [3.8, 4) is 11.5 Å². The topological polar surface area (TPSA) is 157 Å². The summed E-state index contributed by atoms with van der Waals surface area (Å²) in [6.07, 6.45) is 0. The van der Waals surface area contributed by atoms with Crippen molar-refractivity contribution in [2.45, 2.75) is 170 Å². The smallest absolute Gasteiger partial charge is 0.872 e. The fourth-order valence-corrected chi connectivity index (χ4v) is 15.6. The largest absolute Gasteiger partial charge is 1.00 e. The molecule has 0 bridgehead atoms. The Kier molecular flexibility index (Phi) is 61.9. The molecule has 2 saturated heterocycles. The molecule has 2 aliphatic rings. The third-order valence-corrected chi connectivity index (χ3v) is 19.9. The zero-order chi connectivity index (χ0) is 61.8. The first-order chi connectivity index (χ1) is 38.4. The van der Waals surface area contributed by atoms with Crippen molar-refractivity contribution >= 4 is 35.8 Å². The normalized spacial score (nSPS) is 16.5. The van der Waals surface area contributed by atoms with Gasteiger partial charge < -0.3 is 67.2 Å². The van der Waals surface area contributed by atoms with E-state index in [-0.39, 0.29) is 275 Å². The zero-order valence-electron chi connectivity index (χ0n) is 59.3. The molecule has 3 aromatic rings. The van der Waals surface area contributed by atoms with Gasteiger partial charge in [-0.3, -0.25) is 0 Å². The molecular formula is C64H116K4N4O10Si4+2.